The van der Waals surface area contributed by atoms with Gasteiger partial charge in [-0.05, 0) is 46.2 Å². The van der Waals surface area contributed by atoms with Crippen LogP contribution in [0.4, 0.5) is 0 Å². The minimum atomic E-state index is -0.969. The predicted molar refractivity (Wildman–Crippen MR) is 121 cm³/mol. The molecular formula is C19H29ClN6O10. The van der Waals surface area contributed by atoms with Gasteiger partial charge in [-0.15, -0.1) is 0 Å². The average molecular weight is 537 g/mol. The van der Waals surface area contributed by atoms with Crippen molar-refractivity contribution in [2.75, 3.05) is 13.2 Å². The number of halogens is 1. The molecule has 2 aromatic heterocycles. The van der Waals surface area contributed by atoms with Crippen molar-refractivity contribution in [3.8, 4) is 0 Å². The molecule has 0 unspecified atom stereocenters. The van der Waals surface area contributed by atoms with Crippen LogP contribution in [0, 0.1) is 13.8 Å². The third kappa shape index (κ3) is 21.7. The number of aromatic nitrogens is 4. The standard InChI is InChI=1S/C7H10N2O3.C5H7ClO3.C5H6N2O3.C2H6N2O/c1-3-11-7(10)4-6-8-5(2)9-12-6;1-2-9-5(8)3-4(6)7;1-3-6-4(10-7-3)2-5(8)9;1-2(3)4-5/h3-4H2,1-2H3;2-3H2,1H3;2H2,1H3,(H,8,9);5H,1H3,(H2,3,4). The second-order valence-electron chi connectivity index (χ2n) is 6.10. The van der Waals surface area contributed by atoms with E-state index in [2.05, 4.69) is 39.4 Å². The Balaban J connectivity index is 0. The quantitative estimate of drug-likeness (QED) is 0.0807. The second kappa shape index (κ2) is 20.3. The number of aryl methyl sites for hydroxylation is 2. The maximum atomic E-state index is 10.9. The number of aliphatic carboxylic acids is 1. The Morgan fingerprint density at radius 2 is 1.36 bits per heavy atom. The Morgan fingerprint density at radius 3 is 1.67 bits per heavy atom. The molecule has 0 atom stereocenters. The molecule has 0 spiro atoms. The summed E-state index contributed by atoms with van der Waals surface area (Å²) in [5, 5.41) is 24.7. The normalized spacial score (nSPS) is 9.78. The number of carbonyl (C=O) groups is 4. The van der Waals surface area contributed by atoms with Crippen molar-refractivity contribution in [2.24, 2.45) is 10.9 Å². The number of hydrogen-bond acceptors (Lipinski definition) is 14. The van der Waals surface area contributed by atoms with Gasteiger partial charge in [-0.25, -0.2) is 0 Å². The first-order chi connectivity index (χ1) is 16.8. The summed E-state index contributed by atoms with van der Waals surface area (Å²) < 4.78 is 18.3. The maximum Gasteiger partial charge on any atom is 0.315 e. The molecule has 0 amide bonds. The van der Waals surface area contributed by atoms with E-state index in [0.29, 0.717) is 24.1 Å². The van der Waals surface area contributed by atoms with E-state index in [4.69, 9.17) is 32.2 Å². The number of carboxylic acids is 1. The summed E-state index contributed by atoms with van der Waals surface area (Å²) in [5.74, 6) is -0.284. The number of ether oxygens (including phenoxy) is 2. The average Bonchev–Trinajstić information content (AvgIpc) is 3.36. The van der Waals surface area contributed by atoms with Crippen LogP contribution in [0.3, 0.4) is 0 Å². The van der Waals surface area contributed by atoms with Gasteiger partial charge in [0.25, 0.3) is 0 Å². The van der Waals surface area contributed by atoms with Gasteiger partial charge in [0.15, 0.2) is 11.6 Å². The summed E-state index contributed by atoms with van der Waals surface area (Å²) in [6, 6.07) is 0. The van der Waals surface area contributed by atoms with Crippen LogP contribution in [0.15, 0.2) is 14.2 Å². The van der Waals surface area contributed by atoms with Crippen molar-refractivity contribution in [2.45, 2.75) is 53.9 Å². The minimum Gasteiger partial charge on any atom is -0.481 e. The molecule has 4 N–H and O–H groups in total. The number of nitrogens with zero attached hydrogens (tertiary/aromatic N) is 5. The summed E-state index contributed by atoms with van der Waals surface area (Å²) >= 11 is 4.87. The molecule has 16 nitrogen and oxygen atoms in total. The molecule has 202 valence electrons. The van der Waals surface area contributed by atoms with Gasteiger partial charge in [0.05, 0.1) is 13.2 Å². The Labute approximate surface area is 210 Å². The second-order valence-corrected chi connectivity index (χ2v) is 6.52. The molecule has 17 heteroatoms. The number of rotatable bonds is 8. The summed E-state index contributed by atoms with van der Waals surface area (Å²) in [4.78, 5) is 48.8. The summed E-state index contributed by atoms with van der Waals surface area (Å²) in [5.41, 5.74) is 4.79. The highest BCUT2D eigenvalue weighted by Gasteiger charge is 2.09. The molecule has 2 aromatic rings. The van der Waals surface area contributed by atoms with Gasteiger partial charge >= 0.3 is 17.9 Å². The number of oxime groups is 1. The summed E-state index contributed by atoms with van der Waals surface area (Å²) in [6.45, 7) is 8.88. The molecule has 36 heavy (non-hydrogen) atoms. The molecule has 0 aliphatic rings. The molecule has 0 aliphatic heterocycles. The van der Waals surface area contributed by atoms with Crippen LogP contribution in [-0.4, -0.2) is 72.8 Å². The van der Waals surface area contributed by atoms with Crippen molar-refractivity contribution in [3.63, 3.8) is 0 Å². The molecule has 0 aromatic carbocycles. The van der Waals surface area contributed by atoms with Gasteiger partial charge in [-0.1, -0.05) is 15.5 Å². The molecule has 2 rings (SSSR count). The first kappa shape index (κ1) is 34.1. The van der Waals surface area contributed by atoms with E-state index in [-0.39, 0.29) is 43.6 Å². The van der Waals surface area contributed by atoms with Crippen molar-refractivity contribution < 1.29 is 48.0 Å². The molecule has 2 heterocycles. The molecular weight excluding hydrogens is 508 g/mol. The lowest BCUT2D eigenvalue weighted by atomic mass is 10.4. The van der Waals surface area contributed by atoms with Crippen molar-refractivity contribution in [3.05, 3.63) is 23.4 Å². The Bertz CT molecular complexity index is 972. The number of carboxylic acid groups (broad SMARTS) is 1. The number of carbonyl (C=O) groups excluding carboxylic acids is 3. The van der Waals surface area contributed by atoms with Crippen molar-refractivity contribution >= 4 is 40.6 Å². The van der Waals surface area contributed by atoms with Crippen LogP contribution in [0.1, 0.15) is 50.6 Å². The third-order valence-corrected chi connectivity index (χ3v) is 2.92. The predicted octanol–water partition coefficient (Wildman–Crippen LogP) is 0.946. The summed E-state index contributed by atoms with van der Waals surface area (Å²) in [6.07, 6.45) is -0.495. The van der Waals surface area contributed by atoms with Crippen molar-refractivity contribution in [1.29, 1.82) is 0 Å². The van der Waals surface area contributed by atoms with E-state index in [1.165, 1.54) is 6.92 Å². The molecule has 0 saturated carbocycles. The largest absolute Gasteiger partial charge is 0.481 e. The van der Waals surface area contributed by atoms with E-state index in [1.54, 1.807) is 27.7 Å². The highest BCUT2D eigenvalue weighted by atomic mass is 35.5. The first-order valence-electron chi connectivity index (χ1n) is 10.1. The van der Waals surface area contributed by atoms with E-state index in [1.807, 2.05) is 0 Å². The number of hydrogen-bond donors (Lipinski definition) is 3. The summed E-state index contributed by atoms with van der Waals surface area (Å²) in [7, 11) is 0. The fourth-order valence-electron chi connectivity index (χ4n) is 1.61. The monoisotopic (exact) mass is 536 g/mol. The number of nitrogens with two attached hydrogens (primary N) is 1. The molecule has 0 aliphatic carbocycles. The fourth-order valence-corrected chi connectivity index (χ4v) is 1.72. The molecule has 0 bridgehead atoms. The molecule has 0 radical (unpaired) electrons. The van der Waals surface area contributed by atoms with Crippen LogP contribution in [0.5, 0.6) is 0 Å². The zero-order chi connectivity index (χ0) is 28.1. The Hall–Kier alpha value is -4.08. The Morgan fingerprint density at radius 1 is 0.944 bits per heavy atom. The van der Waals surface area contributed by atoms with Gasteiger partial charge < -0.3 is 34.6 Å². The maximum absolute atomic E-state index is 10.9. The van der Waals surface area contributed by atoms with E-state index < -0.39 is 17.2 Å². The topological polar surface area (TPSA) is 243 Å². The van der Waals surface area contributed by atoms with E-state index in [9.17, 15) is 19.2 Å². The van der Waals surface area contributed by atoms with Gasteiger partial charge in [0.1, 0.15) is 25.1 Å². The highest BCUT2D eigenvalue weighted by molar-refractivity contribution is 6.64. The zero-order valence-corrected chi connectivity index (χ0v) is 21.1. The van der Waals surface area contributed by atoms with Crippen LogP contribution in [-0.2, 0) is 41.5 Å². The zero-order valence-electron chi connectivity index (χ0n) is 20.4. The van der Waals surface area contributed by atoms with Crippen LogP contribution in [0.25, 0.3) is 0 Å². The third-order valence-electron chi connectivity index (χ3n) is 2.79. The number of amidine groups is 1. The lowest BCUT2D eigenvalue weighted by Gasteiger charge is -1.95. The van der Waals surface area contributed by atoms with Crippen LogP contribution < -0.4 is 5.73 Å². The van der Waals surface area contributed by atoms with Gasteiger partial charge in [-0.2, -0.15) is 9.97 Å². The van der Waals surface area contributed by atoms with Gasteiger partial charge in [-0.3, -0.25) is 19.2 Å². The lowest BCUT2D eigenvalue weighted by molar-refractivity contribution is -0.145. The van der Waals surface area contributed by atoms with Crippen LogP contribution in [0.2, 0.25) is 0 Å². The molecule has 0 saturated heterocycles. The fraction of sp³-hybridized carbons (Fsp3) is 0.526. The highest BCUT2D eigenvalue weighted by Crippen LogP contribution is 1.98. The van der Waals surface area contributed by atoms with E-state index in [0.717, 1.165) is 0 Å². The Kier molecular flexibility index (Phi) is 19.2. The van der Waals surface area contributed by atoms with Gasteiger partial charge in [0, 0.05) is 0 Å². The smallest absolute Gasteiger partial charge is 0.315 e. The van der Waals surface area contributed by atoms with Crippen molar-refractivity contribution in [1.82, 2.24) is 20.3 Å². The lowest BCUT2D eigenvalue weighted by Crippen LogP contribution is -2.07. The number of esters is 2. The van der Waals surface area contributed by atoms with E-state index >= 15 is 0 Å². The van der Waals surface area contributed by atoms with Gasteiger partial charge in [0.2, 0.25) is 17.0 Å². The first-order valence-corrected chi connectivity index (χ1v) is 10.5. The molecule has 0 fully saturated rings. The SMILES string of the molecule is C/C(N)=N/O.CCOC(=O)CC(=O)Cl.CCOC(=O)Cc1nc(C)no1.Cc1noc(CC(=O)O)n1. The minimum absolute atomic E-state index is 0.0503. The van der Waals surface area contributed by atoms with Crippen LogP contribution >= 0.6 is 11.6 Å².